The zero-order valence-corrected chi connectivity index (χ0v) is 17.6. The van der Waals surface area contributed by atoms with Crippen molar-refractivity contribution in [3.8, 4) is 5.75 Å². The van der Waals surface area contributed by atoms with Crippen molar-refractivity contribution in [1.82, 2.24) is 10.2 Å². The van der Waals surface area contributed by atoms with Gasteiger partial charge in [0.05, 0.1) is 8.95 Å². The summed E-state index contributed by atoms with van der Waals surface area (Å²) >= 11 is 6.89. The molecule has 1 aliphatic heterocycles. The molecule has 1 saturated heterocycles. The van der Waals surface area contributed by atoms with E-state index in [1.54, 1.807) is 0 Å². The summed E-state index contributed by atoms with van der Waals surface area (Å²) in [6.45, 7) is 8.78. The topological polar surface area (TPSA) is 35.5 Å². The van der Waals surface area contributed by atoms with Crippen LogP contribution in [0.3, 0.4) is 0 Å². The van der Waals surface area contributed by atoms with Crippen molar-refractivity contribution in [2.45, 2.75) is 26.3 Å². The number of nitrogens with zero attached hydrogens (tertiary/aromatic N) is 1. The van der Waals surface area contributed by atoms with Crippen molar-refractivity contribution in [3.63, 3.8) is 0 Å². The van der Waals surface area contributed by atoms with Crippen molar-refractivity contribution >= 4 is 56.7 Å². The standard InChI is InChI=1S/C15H22Br2N2O.2ClH/c1-10(2)7-14(19-5-3-18-4-6-19)11-8-12(16)15(20)13(17)9-11;;/h8-10,14,18,20H,3-7H2,1-2H3;2*1H/t14-;;/m1../s1. The summed E-state index contributed by atoms with van der Waals surface area (Å²) in [6, 6.07) is 4.51. The van der Waals surface area contributed by atoms with Crippen molar-refractivity contribution in [2.24, 2.45) is 5.92 Å². The Kier molecular flexibility index (Phi) is 10.6. The van der Waals surface area contributed by atoms with Gasteiger partial charge in [-0.25, -0.2) is 0 Å². The molecular weight excluding hydrogens is 455 g/mol. The van der Waals surface area contributed by atoms with Gasteiger partial charge in [0.2, 0.25) is 0 Å². The molecule has 0 amide bonds. The average molecular weight is 479 g/mol. The predicted molar refractivity (Wildman–Crippen MR) is 105 cm³/mol. The van der Waals surface area contributed by atoms with E-state index < -0.39 is 0 Å². The molecule has 1 atom stereocenters. The smallest absolute Gasteiger partial charge is 0.143 e. The van der Waals surface area contributed by atoms with Crippen LogP contribution in [0.2, 0.25) is 0 Å². The van der Waals surface area contributed by atoms with Crippen LogP contribution in [0.15, 0.2) is 21.1 Å². The third-order valence-corrected chi connectivity index (χ3v) is 4.92. The third-order valence-electron chi connectivity index (χ3n) is 3.71. The number of phenolic OH excluding ortho intramolecular Hbond substituents is 1. The van der Waals surface area contributed by atoms with E-state index in [0.717, 1.165) is 41.5 Å². The molecule has 2 rings (SSSR count). The van der Waals surface area contributed by atoms with Crippen molar-refractivity contribution in [3.05, 3.63) is 26.6 Å². The van der Waals surface area contributed by atoms with Gasteiger partial charge in [0.15, 0.2) is 0 Å². The molecule has 128 valence electrons. The zero-order chi connectivity index (χ0) is 14.7. The van der Waals surface area contributed by atoms with Gasteiger partial charge in [0.1, 0.15) is 5.75 Å². The number of piperazine rings is 1. The van der Waals surface area contributed by atoms with E-state index in [9.17, 15) is 5.11 Å². The number of aromatic hydroxyl groups is 1. The second kappa shape index (κ2) is 10.4. The largest absolute Gasteiger partial charge is 0.506 e. The number of hydrogen-bond donors (Lipinski definition) is 2. The molecule has 1 heterocycles. The summed E-state index contributed by atoms with van der Waals surface area (Å²) in [5.74, 6) is 0.915. The van der Waals surface area contributed by atoms with E-state index in [1.807, 2.05) is 0 Å². The van der Waals surface area contributed by atoms with E-state index in [4.69, 9.17) is 0 Å². The highest BCUT2D eigenvalue weighted by atomic mass is 79.9. The van der Waals surface area contributed by atoms with Gasteiger partial charge in [-0.15, -0.1) is 24.8 Å². The van der Waals surface area contributed by atoms with Crippen LogP contribution in [-0.2, 0) is 0 Å². The van der Waals surface area contributed by atoms with E-state index in [0.29, 0.717) is 12.0 Å². The Bertz CT molecular complexity index is 446. The lowest BCUT2D eigenvalue weighted by Gasteiger charge is -2.36. The van der Waals surface area contributed by atoms with E-state index >= 15 is 0 Å². The molecule has 1 aromatic rings. The minimum Gasteiger partial charge on any atom is -0.506 e. The second-order valence-corrected chi connectivity index (χ2v) is 7.47. The fourth-order valence-corrected chi connectivity index (χ4v) is 3.94. The zero-order valence-electron chi connectivity index (χ0n) is 12.8. The van der Waals surface area contributed by atoms with Gasteiger partial charge in [-0.3, -0.25) is 4.90 Å². The van der Waals surface area contributed by atoms with Crippen LogP contribution in [0.5, 0.6) is 5.75 Å². The highest BCUT2D eigenvalue weighted by Gasteiger charge is 2.24. The lowest BCUT2D eigenvalue weighted by Crippen LogP contribution is -2.45. The monoisotopic (exact) mass is 476 g/mol. The molecule has 0 radical (unpaired) electrons. The van der Waals surface area contributed by atoms with Crippen LogP contribution in [0.4, 0.5) is 0 Å². The summed E-state index contributed by atoms with van der Waals surface area (Å²) in [5, 5.41) is 13.3. The molecule has 0 aliphatic carbocycles. The molecular formula is C15H24Br2Cl2N2O. The number of halogens is 4. The van der Waals surface area contributed by atoms with Crippen LogP contribution >= 0.6 is 56.7 Å². The predicted octanol–water partition coefficient (Wildman–Crippen LogP) is 4.75. The first-order valence-electron chi connectivity index (χ1n) is 7.11. The Balaban J connectivity index is 0.00000220. The van der Waals surface area contributed by atoms with Crippen molar-refractivity contribution < 1.29 is 5.11 Å². The van der Waals surface area contributed by atoms with E-state index in [2.05, 4.69) is 68.1 Å². The molecule has 0 spiro atoms. The molecule has 1 aromatic carbocycles. The summed E-state index contributed by atoms with van der Waals surface area (Å²) in [6.07, 6.45) is 1.13. The average Bonchev–Trinajstić information content (AvgIpc) is 2.42. The van der Waals surface area contributed by atoms with Crippen LogP contribution < -0.4 is 5.32 Å². The first-order chi connectivity index (χ1) is 9.49. The third kappa shape index (κ3) is 5.84. The molecule has 3 nitrogen and oxygen atoms in total. The van der Waals surface area contributed by atoms with Gasteiger partial charge >= 0.3 is 0 Å². The van der Waals surface area contributed by atoms with Crippen LogP contribution in [0.1, 0.15) is 31.9 Å². The number of hydrogen-bond acceptors (Lipinski definition) is 3. The Morgan fingerprint density at radius 2 is 1.64 bits per heavy atom. The van der Waals surface area contributed by atoms with Gasteiger partial charge in [0, 0.05) is 32.2 Å². The van der Waals surface area contributed by atoms with E-state index in [1.165, 1.54) is 5.56 Å². The highest BCUT2D eigenvalue weighted by Crippen LogP contribution is 2.38. The molecule has 2 N–H and O–H groups in total. The van der Waals surface area contributed by atoms with E-state index in [-0.39, 0.29) is 30.6 Å². The highest BCUT2D eigenvalue weighted by molar-refractivity contribution is 9.11. The Morgan fingerprint density at radius 3 is 2.09 bits per heavy atom. The molecule has 0 unspecified atom stereocenters. The maximum Gasteiger partial charge on any atom is 0.143 e. The van der Waals surface area contributed by atoms with Gasteiger partial charge in [0.25, 0.3) is 0 Å². The first-order valence-corrected chi connectivity index (χ1v) is 8.70. The second-order valence-electron chi connectivity index (χ2n) is 5.76. The molecule has 0 bridgehead atoms. The number of benzene rings is 1. The van der Waals surface area contributed by atoms with Crippen molar-refractivity contribution in [1.29, 1.82) is 0 Å². The summed E-state index contributed by atoms with van der Waals surface area (Å²) in [5.41, 5.74) is 1.26. The molecule has 22 heavy (non-hydrogen) atoms. The van der Waals surface area contributed by atoms with Crippen LogP contribution in [0.25, 0.3) is 0 Å². The first kappa shape index (κ1) is 22.5. The molecule has 0 aromatic heterocycles. The SMILES string of the molecule is CC(C)C[C@H](c1cc(Br)c(O)c(Br)c1)N1CCNCC1.Cl.Cl. The maximum atomic E-state index is 9.89. The van der Waals surface area contributed by atoms with Gasteiger partial charge < -0.3 is 10.4 Å². The molecule has 7 heteroatoms. The molecule has 0 saturated carbocycles. The lowest BCUT2D eigenvalue weighted by molar-refractivity contribution is 0.154. The summed E-state index contributed by atoms with van der Waals surface area (Å²) < 4.78 is 1.51. The van der Waals surface area contributed by atoms with Gasteiger partial charge in [-0.05, 0) is 61.9 Å². The van der Waals surface area contributed by atoms with Gasteiger partial charge in [-0.1, -0.05) is 13.8 Å². The Morgan fingerprint density at radius 1 is 1.14 bits per heavy atom. The molecule has 1 aliphatic rings. The minimum atomic E-state index is 0. The number of nitrogens with one attached hydrogen (secondary N) is 1. The fraction of sp³-hybridized carbons (Fsp3) is 0.600. The fourth-order valence-electron chi connectivity index (χ4n) is 2.71. The Labute approximate surface area is 162 Å². The minimum absolute atomic E-state index is 0. The van der Waals surface area contributed by atoms with Crippen LogP contribution in [0, 0.1) is 5.92 Å². The molecule has 1 fully saturated rings. The quantitative estimate of drug-likeness (QED) is 0.655. The Hall–Kier alpha value is 0.480. The van der Waals surface area contributed by atoms with Crippen molar-refractivity contribution in [2.75, 3.05) is 26.2 Å². The maximum absolute atomic E-state index is 9.89. The number of phenols is 1. The summed E-state index contributed by atoms with van der Waals surface area (Å²) in [4.78, 5) is 2.54. The van der Waals surface area contributed by atoms with Gasteiger partial charge in [-0.2, -0.15) is 0 Å². The normalized spacial score (nSPS) is 16.8. The van der Waals surface area contributed by atoms with Crippen LogP contribution in [-0.4, -0.2) is 36.2 Å². The lowest BCUT2D eigenvalue weighted by atomic mass is 9.95. The summed E-state index contributed by atoms with van der Waals surface area (Å²) in [7, 11) is 0. The number of rotatable bonds is 4.